The smallest absolute Gasteiger partial charge is 0.223 e. The largest absolute Gasteiger partial charge is 0.314 e. The number of hydrogen-bond donors (Lipinski definition) is 0. The third-order valence-corrected chi connectivity index (χ3v) is 3.83. The van der Waals surface area contributed by atoms with Gasteiger partial charge in [0, 0.05) is 30.8 Å². The number of nitrogens with zero attached hydrogens (tertiary/aromatic N) is 3. The van der Waals surface area contributed by atoms with Gasteiger partial charge in [0.05, 0.1) is 17.6 Å². The lowest BCUT2D eigenvalue weighted by Crippen LogP contribution is -2.23. The minimum Gasteiger partial charge on any atom is -0.314 e. The maximum atomic E-state index is 11.5. The van der Waals surface area contributed by atoms with E-state index < -0.39 is 0 Å². The van der Waals surface area contributed by atoms with Crippen LogP contribution in [0.4, 0.5) is 5.69 Å². The van der Waals surface area contributed by atoms with Crippen LogP contribution in [0.2, 0.25) is 5.02 Å². The van der Waals surface area contributed by atoms with Gasteiger partial charge in [0.25, 0.3) is 0 Å². The summed E-state index contributed by atoms with van der Waals surface area (Å²) in [5, 5.41) is 0.671. The van der Waals surface area contributed by atoms with Gasteiger partial charge in [-0.1, -0.05) is 29.8 Å². The second kappa shape index (κ2) is 5.22. The van der Waals surface area contributed by atoms with E-state index in [0.29, 0.717) is 5.02 Å². The topological polar surface area (TPSA) is 37.6 Å². The Morgan fingerprint density at radius 1 is 1.24 bits per heavy atom. The van der Waals surface area contributed by atoms with Gasteiger partial charge >= 0.3 is 0 Å². The van der Waals surface area contributed by atoms with E-state index in [1.807, 2.05) is 47.0 Å². The number of halogens is 1. The van der Waals surface area contributed by atoms with Crippen LogP contribution in [0.15, 0.2) is 48.8 Å². The number of aromatic nitrogens is 2. The molecule has 0 saturated heterocycles. The molecule has 0 radical (unpaired) electrons. The molecular formula is C16H14ClN3O. The fourth-order valence-electron chi connectivity index (χ4n) is 2.22. The molecule has 0 atom stereocenters. The molecule has 5 heteroatoms. The van der Waals surface area contributed by atoms with E-state index in [2.05, 4.69) is 4.98 Å². The summed E-state index contributed by atoms with van der Waals surface area (Å²) in [6.45, 7) is 1.53. The van der Waals surface area contributed by atoms with Crippen molar-refractivity contribution in [2.45, 2.75) is 6.92 Å². The van der Waals surface area contributed by atoms with Crippen LogP contribution in [0.5, 0.6) is 0 Å². The summed E-state index contributed by atoms with van der Waals surface area (Å²) in [6.07, 6.45) is 3.68. The lowest BCUT2D eigenvalue weighted by molar-refractivity contribution is -0.116. The second-order valence-corrected chi connectivity index (χ2v) is 5.22. The molecule has 1 amide bonds. The number of pyridine rings is 1. The standard InChI is InChI=1S/C16H14ClN3O/c1-11(21)19(2)12-7-8-16-18-9-15(20(16)10-12)13-5-3-4-6-14(13)17/h3-10H,1-2H3. The zero-order valence-corrected chi connectivity index (χ0v) is 12.5. The summed E-state index contributed by atoms with van der Waals surface area (Å²) in [5.74, 6) is -0.0197. The van der Waals surface area contributed by atoms with Crippen LogP contribution in [0.25, 0.3) is 16.9 Å². The van der Waals surface area contributed by atoms with E-state index in [9.17, 15) is 4.79 Å². The molecule has 0 unspecified atom stereocenters. The number of fused-ring (bicyclic) bond motifs is 1. The van der Waals surface area contributed by atoms with Crippen LogP contribution in [0.3, 0.4) is 0 Å². The molecule has 3 rings (SSSR count). The van der Waals surface area contributed by atoms with Crippen molar-refractivity contribution in [3.05, 3.63) is 53.8 Å². The van der Waals surface area contributed by atoms with Crippen LogP contribution in [0.1, 0.15) is 6.92 Å². The van der Waals surface area contributed by atoms with Crippen molar-refractivity contribution < 1.29 is 4.79 Å². The molecular weight excluding hydrogens is 286 g/mol. The van der Waals surface area contributed by atoms with Crippen LogP contribution >= 0.6 is 11.6 Å². The number of carbonyl (C=O) groups is 1. The van der Waals surface area contributed by atoms with Crippen molar-refractivity contribution in [2.24, 2.45) is 0 Å². The lowest BCUT2D eigenvalue weighted by atomic mass is 10.2. The molecule has 2 heterocycles. The van der Waals surface area contributed by atoms with Gasteiger partial charge in [-0.05, 0) is 18.2 Å². The number of rotatable bonds is 2. The Kier molecular flexibility index (Phi) is 3.39. The first kappa shape index (κ1) is 13.6. The van der Waals surface area contributed by atoms with Gasteiger partial charge in [0.1, 0.15) is 5.65 Å². The molecule has 2 aromatic heterocycles. The Morgan fingerprint density at radius 3 is 2.71 bits per heavy atom. The third-order valence-electron chi connectivity index (χ3n) is 3.50. The number of anilines is 1. The molecule has 0 aliphatic carbocycles. The molecule has 0 bridgehead atoms. The highest BCUT2D eigenvalue weighted by Gasteiger charge is 2.11. The zero-order chi connectivity index (χ0) is 15.0. The molecule has 4 nitrogen and oxygen atoms in total. The first-order valence-corrected chi connectivity index (χ1v) is 6.92. The quantitative estimate of drug-likeness (QED) is 0.724. The summed E-state index contributed by atoms with van der Waals surface area (Å²) in [5.41, 5.74) is 3.43. The highest BCUT2D eigenvalue weighted by Crippen LogP contribution is 2.29. The molecule has 0 N–H and O–H groups in total. The molecule has 3 aromatic rings. The Bertz CT molecular complexity index is 825. The van der Waals surface area contributed by atoms with Crippen molar-refractivity contribution in [1.29, 1.82) is 0 Å². The molecule has 0 fully saturated rings. The normalized spacial score (nSPS) is 10.8. The predicted octanol–water partition coefficient (Wildman–Crippen LogP) is 3.64. The maximum Gasteiger partial charge on any atom is 0.223 e. The summed E-state index contributed by atoms with van der Waals surface area (Å²) < 4.78 is 1.94. The summed E-state index contributed by atoms with van der Waals surface area (Å²) >= 11 is 6.26. The Labute approximate surface area is 127 Å². The minimum atomic E-state index is -0.0197. The number of amides is 1. The van der Waals surface area contributed by atoms with Crippen molar-refractivity contribution >= 4 is 28.8 Å². The van der Waals surface area contributed by atoms with E-state index in [-0.39, 0.29) is 5.91 Å². The fourth-order valence-corrected chi connectivity index (χ4v) is 2.45. The van der Waals surface area contributed by atoms with Crippen LogP contribution in [-0.2, 0) is 4.79 Å². The predicted molar refractivity (Wildman–Crippen MR) is 84.7 cm³/mol. The van der Waals surface area contributed by atoms with Crippen LogP contribution in [-0.4, -0.2) is 22.3 Å². The molecule has 0 saturated carbocycles. The SMILES string of the molecule is CC(=O)N(C)c1ccc2ncc(-c3ccccc3Cl)n2c1. The van der Waals surface area contributed by atoms with E-state index in [0.717, 1.165) is 22.6 Å². The van der Waals surface area contributed by atoms with Gasteiger partial charge < -0.3 is 4.90 Å². The molecule has 0 spiro atoms. The van der Waals surface area contributed by atoms with Crippen molar-refractivity contribution in [3.8, 4) is 11.3 Å². The van der Waals surface area contributed by atoms with E-state index in [4.69, 9.17) is 11.6 Å². The van der Waals surface area contributed by atoms with Crippen LogP contribution in [0, 0.1) is 0 Å². The highest BCUT2D eigenvalue weighted by molar-refractivity contribution is 6.33. The molecule has 1 aromatic carbocycles. The average Bonchev–Trinajstić information content (AvgIpc) is 2.89. The first-order valence-electron chi connectivity index (χ1n) is 6.54. The number of hydrogen-bond acceptors (Lipinski definition) is 2. The van der Waals surface area contributed by atoms with Gasteiger partial charge in [-0.15, -0.1) is 0 Å². The van der Waals surface area contributed by atoms with Crippen molar-refractivity contribution in [1.82, 2.24) is 9.38 Å². The zero-order valence-electron chi connectivity index (χ0n) is 11.7. The Balaban J connectivity index is 2.19. The molecule has 21 heavy (non-hydrogen) atoms. The van der Waals surface area contributed by atoms with Gasteiger partial charge in [-0.3, -0.25) is 9.20 Å². The van der Waals surface area contributed by atoms with Gasteiger partial charge in [0.2, 0.25) is 5.91 Å². The second-order valence-electron chi connectivity index (χ2n) is 4.82. The maximum absolute atomic E-state index is 11.5. The monoisotopic (exact) mass is 299 g/mol. The summed E-state index contributed by atoms with van der Waals surface area (Å²) in [4.78, 5) is 17.5. The third kappa shape index (κ3) is 2.38. The summed E-state index contributed by atoms with van der Waals surface area (Å²) in [6, 6.07) is 11.4. The van der Waals surface area contributed by atoms with Gasteiger partial charge in [-0.25, -0.2) is 4.98 Å². The highest BCUT2D eigenvalue weighted by atomic mass is 35.5. The van der Waals surface area contributed by atoms with Crippen molar-refractivity contribution in [3.63, 3.8) is 0 Å². The molecule has 0 aliphatic rings. The first-order chi connectivity index (χ1) is 10.1. The fraction of sp³-hybridized carbons (Fsp3) is 0.125. The van der Waals surface area contributed by atoms with E-state index in [1.165, 1.54) is 6.92 Å². The lowest BCUT2D eigenvalue weighted by Gasteiger charge is -2.15. The Hall–Kier alpha value is -2.33. The average molecular weight is 300 g/mol. The molecule has 0 aliphatic heterocycles. The number of imidazole rings is 1. The number of carbonyl (C=O) groups excluding carboxylic acids is 1. The van der Waals surface area contributed by atoms with E-state index in [1.54, 1.807) is 18.1 Å². The van der Waals surface area contributed by atoms with Crippen LogP contribution < -0.4 is 4.90 Å². The molecule has 106 valence electrons. The number of benzene rings is 1. The van der Waals surface area contributed by atoms with Gasteiger partial charge in [0.15, 0.2) is 0 Å². The van der Waals surface area contributed by atoms with Crippen molar-refractivity contribution in [2.75, 3.05) is 11.9 Å². The minimum absolute atomic E-state index is 0.0197. The van der Waals surface area contributed by atoms with E-state index >= 15 is 0 Å². The summed E-state index contributed by atoms with van der Waals surface area (Å²) in [7, 11) is 1.75. The van der Waals surface area contributed by atoms with Gasteiger partial charge in [-0.2, -0.15) is 0 Å². The Morgan fingerprint density at radius 2 is 2.00 bits per heavy atom.